The first kappa shape index (κ1) is 7.03. The Balaban J connectivity index is 2.23. The summed E-state index contributed by atoms with van der Waals surface area (Å²) < 4.78 is 5.22. The van der Waals surface area contributed by atoms with Gasteiger partial charge in [-0.1, -0.05) is 0 Å². The van der Waals surface area contributed by atoms with Crippen LogP contribution < -0.4 is 5.32 Å². The summed E-state index contributed by atoms with van der Waals surface area (Å²) in [5.41, 5.74) is 0. The van der Waals surface area contributed by atoms with Crippen LogP contribution in [0.25, 0.3) is 0 Å². The number of nitrogens with one attached hydrogen (secondary N) is 1. The van der Waals surface area contributed by atoms with Crippen molar-refractivity contribution >= 4 is 0 Å². The van der Waals surface area contributed by atoms with Crippen LogP contribution in [0.4, 0.5) is 0 Å². The van der Waals surface area contributed by atoms with E-state index in [9.17, 15) is 0 Å². The van der Waals surface area contributed by atoms with Gasteiger partial charge in [0.15, 0.2) is 0 Å². The van der Waals surface area contributed by atoms with Crippen LogP contribution in [0.15, 0.2) is 0 Å². The first-order valence-corrected chi connectivity index (χ1v) is 3.59. The lowest BCUT2D eigenvalue weighted by Gasteiger charge is -2.26. The van der Waals surface area contributed by atoms with E-state index in [1.54, 1.807) is 7.11 Å². The van der Waals surface area contributed by atoms with E-state index in [0.29, 0.717) is 12.1 Å². The highest BCUT2D eigenvalue weighted by molar-refractivity contribution is 4.74. The van der Waals surface area contributed by atoms with Crippen LogP contribution in [-0.4, -0.2) is 25.8 Å². The van der Waals surface area contributed by atoms with Gasteiger partial charge in [-0.05, 0) is 26.3 Å². The lowest BCUT2D eigenvalue weighted by Crippen LogP contribution is -2.38. The second-order valence-electron chi connectivity index (χ2n) is 2.74. The standard InChI is InChI=1S/C7H15NO/c1-6-5-7(9-2)3-4-8-6/h6-8H,3-5H2,1-2H3/t6-,7+/m0/s1. The molecule has 1 rings (SSSR count). The first-order valence-electron chi connectivity index (χ1n) is 3.59. The fraction of sp³-hybridized carbons (Fsp3) is 1.00. The quantitative estimate of drug-likeness (QED) is 0.564. The van der Waals surface area contributed by atoms with Crippen LogP contribution >= 0.6 is 0 Å². The predicted molar refractivity (Wildman–Crippen MR) is 37.5 cm³/mol. The van der Waals surface area contributed by atoms with Gasteiger partial charge in [0.25, 0.3) is 0 Å². The molecule has 9 heavy (non-hydrogen) atoms. The molecule has 1 heterocycles. The number of methoxy groups -OCH3 is 1. The van der Waals surface area contributed by atoms with Crippen molar-refractivity contribution < 1.29 is 4.74 Å². The van der Waals surface area contributed by atoms with Crippen LogP contribution in [0.1, 0.15) is 19.8 Å². The van der Waals surface area contributed by atoms with Crippen LogP contribution in [-0.2, 0) is 4.74 Å². The summed E-state index contributed by atoms with van der Waals surface area (Å²) >= 11 is 0. The summed E-state index contributed by atoms with van der Waals surface area (Å²) in [7, 11) is 1.79. The van der Waals surface area contributed by atoms with Gasteiger partial charge in [-0.3, -0.25) is 0 Å². The molecule has 0 spiro atoms. The molecule has 2 nitrogen and oxygen atoms in total. The summed E-state index contributed by atoms with van der Waals surface area (Å²) in [6.45, 7) is 3.31. The highest BCUT2D eigenvalue weighted by Crippen LogP contribution is 2.10. The Morgan fingerprint density at radius 2 is 2.33 bits per heavy atom. The molecule has 0 aromatic rings. The van der Waals surface area contributed by atoms with E-state index in [1.165, 1.54) is 6.42 Å². The number of hydrogen-bond donors (Lipinski definition) is 1. The predicted octanol–water partition coefficient (Wildman–Crippen LogP) is 0.773. The molecular weight excluding hydrogens is 114 g/mol. The van der Waals surface area contributed by atoms with Gasteiger partial charge in [0.05, 0.1) is 6.10 Å². The number of rotatable bonds is 1. The maximum atomic E-state index is 5.22. The Hall–Kier alpha value is -0.0800. The number of hydrogen-bond acceptors (Lipinski definition) is 2. The van der Waals surface area contributed by atoms with Crippen molar-refractivity contribution in [1.82, 2.24) is 5.32 Å². The van der Waals surface area contributed by atoms with Gasteiger partial charge >= 0.3 is 0 Å². The van der Waals surface area contributed by atoms with E-state index in [0.717, 1.165) is 13.0 Å². The molecular formula is C7H15NO. The molecule has 0 aromatic heterocycles. The van der Waals surface area contributed by atoms with Crippen molar-refractivity contribution in [2.75, 3.05) is 13.7 Å². The lowest BCUT2D eigenvalue weighted by molar-refractivity contribution is 0.0647. The van der Waals surface area contributed by atoms with Crippen molar-refractivity contribution in [3.63, 3.8) is 0 Å². The van der Waals surface area contributed by atoms with Crippen LogP contribution in [0.3, 0.4) is 0 Å². The highest BCUT2D eigenvalue weighted by atomic mass is 16.5. The topological polar surface area (TPSA) is 21.3 Å². The second kappa shape index (κ2) is 3.18. The summed E-state index contributed by atoms with van der Waals surface area (Å²) in [5, 5.41) is 3.37. The lowest BCUT2D eigenvalue weighted by atomic mass is 10.0. The van der Waals surface area contributed by atoms with Gasteiger partial charge in [-0.2, -0.15) is 0 Å². The Morgan fingerprint density at radius 3 is 2.78 bits per heavy atom. The van der Waals surface area contributed by atoms with Crippen LogP contribution in [0.2, 0.25) is 0 Å². The van der Waals surface area contributed by atoms with Crippen LogP contribution in [0, 0.1) is 0 Å². The minimum Gasteiger partial charge on any atom is -0.381 e. The molecule has 0 amide bonds. The summed E-state index contributed by atoms with van der Waals surface area (Å²) in [5.74, 6) is 0. The third kappa shape index (κ3) is 1.95. The van der Waals surface area contributed by atoms with E-state index in [4.69, 9.17) is 4.74 Å². The summed E-state index contributed by atoms with van der Waals surface area (Å²) in [6.07, 6.45) is 2.83. The highest BCUT2D eigenvalue weighted by Gasteiger charge is 2.16. The molecule has 2 heteroatoms. The number of piperidine rings is 1. The molecule has 54 valence electrons. The molecule has 1 aliphatic heterocycles. The molecule has 1 aliphatic rings. The zero-order valence-electron chi connectivity index (χ0n) is 6.18. The molecule has 1 saturated heterocycles. The fourth-order valence-corrected chi connectivity index (χ4v) is 1.30. The zero-order valence-corrected chi connectivity index (χ0v) is 6.18. The van der Waals surface area contributed by atoms with Gasteiger partial charge in [-0.15, -0.1) is 0 Å². The molecule has 1 fully saturated rings. The molecule has 0 aromatic carbocycles. The van der Waals surface area contributed by atoms with E-state index < -0.39 is 0 Å². The normalized spacial score (nSPS) is 36.7. The third-order valence-corrected chi connectivity index (χ3v) is 1.91. The van der Waals surface area contributed by atoms with Gasteiger partial charge < -0.3 is 10.1 Å². The van der Waals surface area contributed by atoms with Crippen LogP contribution in [0.5, 0.6) is 0 Å². The van der Waals surface area contributed by atoms with Crippen molar-refractivity contribution in [2.24, 2.45) is 0 Å². The summed E-state index contributed by atoms with van der Waals surface area (Å²) in [4.78, 5) is 0. The SMILES string of the molecule is CO[C@@H]1CCN[C@@H](C)C1. The Bertz CT molecular complexity index is 85.0. The Kier molecular flexibility index (Phi) is 2.49. The average molecular weight is 129 g/mol. The molecule has 0 unspecified atom stereocenters. The van der Waals surface area contributed by atoms with Crippen molar-refractivity contribution in [2.45, 2.75) is 31.9 Å². The number of ether oxygens (including phenoxy) is 1. The minimum atomic E-state index is 0.501. The molecule has 0 saturated carbocycles. The second-order valence-corrected chi connectivity index (χ2v) is 2.74. The Labute approximate surface area is 56.6 Å². The molecule has 2 atom stereocenters. The van der Waals surface area contributed by atoms with E-state index in [-0.39, 0.29) is 0 Å². The van der Waals surface area contributed by atoms with Gasteiger partial charge in [0.2, 0.25) is 0 Å². The minimum absolute atomic E-state index is 0.501. The largest absolute Gasteiger partial charge is 0.381 e. The van der Waals surface area contributed by atoms with Crippen molar-refractivity contribution in [3.05, 3.63) is 0 Å². The first-order chi connectivity index (χ1) is 4.33. The van der Waals surface area contributed by atoms with Gasteiger partial charge in [0.1, 0.15) is 0 Å². The molecule has 0 radical (unpaired) electrons. The van der Waals surface area contributed by atoms with E-state index in [1.807, 2.05) is 0 Å². The third-order valence-electron chi connectivity index (χ3n) is 1.91. The van der Waals surface area contributed by atoms with Gasteiger partial charge in [0, 0.05) is 13.2 Å². The zero-order chi connectivity index (χ0) is 6.69. The van der Waals surface area contributed by atoms with Crippen molar-refractivity contribution in [3.8, 4) is 0 Å². The van der Waals surface area contributed by atoms with Gasteiger partial charge in [-0.25, -0.2) is 0 Å². The van der Waals surface area contributed by atoms with E-state index >= 15 is 0 Å². The van der Waals surface area contributed by atoms with Crippen molar-refractivity contribution in [1.29, 1.82) is 0 Å². The monoisotopic (exact) mass is 129 g/mol. The smallest absolute Gasteiger partial charge is 0.0598 e. The van der Waals surface area contributed by atoms with E-state index in [2.05, 4.69) is 12.2 Å². The molecule has 1 N–H and O–H groups in total. The fourth-order valence-electron chi connectivity index (χ4n) is 1.30. The summed E-state index contributed by atoms with van der Waals surface area (Å²) in [6, 6.07) is 0.642. The maximum absolute atomic E-state index is 5.22. The Morgan fingerprint density at radius 1 is 1.56 bits per heavy atom. The molecule has 0 aliphatic carbocycles. The maximum Gasteiger partial charge on any atom is 0.0598 e. The molecule has 0 bridgehead atoms. The average Bonchev–Trinajstić information content (AvgIpc) is 1.88.